The highest BCUT2D eigenvalue weighted by Crippen LogP contribution is 2.21. The fourth-order valence-corrected chi connectivity index (χ4v) is 3.18. The smallest absolute Gasteiger partial charge is 0.341 e. The molecule has 1 aliphatic rings. The lowest BCUT2D eigenvalue weighted by molar-refractivity contribution is 0.0694. The maximum Gasteiger partial charge on any atom is 0.341 e. The maximum absolute atomic E-state index is 12.3. The predicted molar refractivity (Wildman–Crippen MR) is 84.9 cm³/mol. The molecule has 0 bridgehead atoms. The summed E-state index contributed by atoms with van der Waals surface area (Å²) in [5.74, 6) is -0.300. The van der Waals surface area contributed by atoms with E-state index in [-0.39, 0.29) is 5.56 Å². The van der Waals surface area contributed by atoms with Crippen molar-refractivity contribution in [2.75, 3.05) is 6.54 Å². The summed E-state index contributed by atoms with van der Waals surface area (Å²) in [6.07, 6.45) is 4.09. The number of hydrogen-bond acceptors (Lipinski definition) is 5. The second-order valence-corrected chi connectivity index (χ2v) is 5.88. The van der Waals surface area contributed by atoms with Crippen molar-refractivity contribution in [1.82, 2.24) is 14.5 Å². The number of rotatable bonds is 3. The number of nitrogens with zero attached hydrogens (tertiary/aromatic N) is 3. The van der Waals surface area contributed by atoms with Crippen LogP contribution in [0.1, 0.15) is 27.2 Å². The Bertz CT molecular complexity index is 989. The van der Waals surface area contributed by atoms with Gasteiger partial charge in [0.25, 0.3) is 5.56 Å². The standard InChI is InChI=1S/C17H15N3O4/c21-16-13(17(22)23)7-11(14-3-1-2-5-20(14)16)9-19-6-4-15-12(10-19)8-18-24-15/h1-3,5,7-8H,4,6,9-10H2,(H,22,23). The van der Waals surface area contributed by atoms with Gasteiger partial charge in [-0.1, -0.05) is 11.2 Å². The normalized spacial score (nSPS) is 14.7. The minimum atomic E-state index is -1.21. The molecule has 0 aromatic carbocycles. The molecule has 0 spiro atoms. The number of pyridine rings is 2. The minimum absolute atomic E-state index is 0.212. The van der Waals surface area contributed by atoms with E-state index in [1.807, 2.05) is 12.1 Å². The molecule has 1 N–H and O–H groups in total. The number of carboxylic acid groups (broad SMARTS) is 1. The molecule has 1 aliphatic heterocycles. The summed E-state index contributed by atoms with van der Waals surface area (Å²) in [6.45, 7) is 2.04. The van der Waals surface area contributed by atoms with Crippen LogP contribution < -0.4 is 5.56 Å². The molecule has 3 aromatic heterocycles. The van der Waals surface area contributed by atoms with Crippen LogP contribution in [0.25, 0.3) is 5.52 Å². The molecule has 7 nitrogen and oxygen atoms in total. The number of fused-ring (bicyclic) bond motifs is 2. The van der Waals surface area contributed by atoms with Gasteiger partial charge in [0.2, 0.25) is 0 Å². The van der Waals surface area contributed by atoms with Crippen LogP contribution in [0, 0.1) is 0 Å². The summed E-state index contributed by atoms with van der Waals surface area (Å²) in [5, 5.41) is 13.1. The van der Waals surface area contributed by atoms with E-state index < -0.39 is 11.5 Å². The van der Waals surface area contributed by atoms with Crippen LogP contribution in [-0.2, 0) is 19.5 Å². The number of aromatic carboxylic acids is 1. The summed E-state index contributed by atoms with van der Waals surface area (Å²) >= 11 is 0. The van der Waals surface area contributed by atoms with Gasteiger partial charge in [-0.2, -0.15) is 0 Å². The summed E-state index contributed by atoms with van der Waals surface area (Å²) < 4.78 is 6.59. The van der Waals surface area contributed by atoms with Gasteiger partial charge >= 0.3 is 5.97 Å². The van der Waals surface area contributed by atoms with Gasteiger partial charge in [-0.25, -0.2) is 4.79 Å². The molecule has 7 heteroatoms. The lowest BCUT2D eigenvalue weighted by Gasteiger charge is -2.26. The van der Waals surface area contributed by atoms with Crippen LogP contribution in [0.3, 0.4) is 0 Å². The first kappa shape index (κ1) is 14.6. The van der Waals surface area contributed by atoms with Gasteiger partial charge in [0, 0.05) is 37.8 Å². The third-order valence-corrected chi connectivity index (χ3v) is 4.36. The van der Waals surface area contributed by atoms with Crippen molar-refractivity contribution < 1.29 is 14.4 Å². The number of carboxylic acids is 1. The molecule has 24 heavy (non-hydrogen) atoms. The highest BCUT2D eigenvalue weighted by molar-refractivity contribution is 5.88. The number of aromatic nitrogens is 2. The first-order valence-electron chi connectivity index (χ1n) is 7.65. The molecule has 0 radical (unpaired) electrons. The second-order valence-electron chi connectivity index (χ2n) is 5.88. The van der Waals surface area contributed by atoms with Crippen LogP contribution in [0.2, 0.25) is 0 Å². The van der Waals surface area contributed by atoms with E-state index in [0.717, 1.165) is 35.4 Å². The number of hydrogen-bond donors (Lipinski definition) is 1. The molecule has 0 amide bonds. The Kier molecular flexibility index (Phi) is 3.42. The summed E-state index contributed by atoms with van der Waals surface area (Å²) in [4.78, 5) is 25.9. The lowest BCUT2D eigenvalue weighted by atomic mass is 10.1. The molecule has 0 unspecified atom stereocenters. The van der Waals surface area contributed by atoms with Crippen molar-refractivity contribution in [1.29, 1.82) is 0 Å². The molecule has 4 rings (SSSR count). The van der Waals surface area contributed by atoms with E-state index in [9.17, 15) is 14.7 Å². The van der Waals surface area contributed by atoms with E-state index in [4.69, 9.17) is 4.52 Å². The van der Waals surface area contributed by atoms with Gasteiger partial charge in [-0.15, -0.1) is 0 Å². The molecule has 4 heterocycles. The van der Waals surface area contributed by atoms with Crippen LogP contribution in [0.4, 0.5) is 0 Å². The quantitative estimate of drug-likeness (QED) is 0.786. The van der Waals surface area contributed by atoms with Crippen LogP contribution in [-0.4, -0.2) is 32.1 Å². The van der Waals surface area contributed by atoms with Crippen molar-refractivity contribution in [2.45, 2.75) is 19.5 Å². The van der Waals surface area contributed by atoms with Crippen LogP contribution in [0.15, 0.2) is 46.0 Å². The maximum atomic E-state index is 12.3. The highest BCUT2D eigenvalue weighted by atomic mass is 16.5. The molecule has 0 saturated carbocycles. The van der Waals surface area contributed by atoms with E-state index in [1.165, 1.54) is 10.5 Å². The van der Waals surface area contributed by atoms with Gasteiger partial charge < -0.3 is 9.63 Å². The third-order valence-electron chi connectivity index (χ3n) is 4.36. The Morgan fingerprint density at radius 1 is 1.38 bits per heavy atom. The monoisotopic (exact) mass is 325 g/mol. The summed E-state index contributed by atoms with van der Waals surface area (Å²) in [5.41, 5.74) is 1.87. The highest BCUT2D eigenvalue weighted by Gasteiger charge is 2.22. The van der Waals surface area contributed by atoms with E-state index >= 15 is 0 Å². The molecule has 3 aromatic rings. The molecule has 0 aliphatic carbocycles. The Hall–Kier alpha value is -2.93. The van der Waals surface area contributed by atoms with Gasteiger partial charge in [0.05, 0.1) is 11.7 Å². The Labute approximate surface area is 136 Å². The topological polar surface area (TPSA) is 88.0 Å². The zero-order valence-corrected chi connectivity index (χ0v) is 12.8. The van der Waals surface area contributed by atoms with Gasteiger partial charge in [0.1, 0.15) is 11.3 Å². The molecule has 122 valence electrons. The third kappa shape index (κ3) is 2.39. The van der Waals surface area contributed by atoms with E-state index in [1.54, 1.807) is 18.5 Å². The van der Waals surface area contributed by atoms with Crippen LogP contribution >= 0.6 is 0 Å². The van der Waals surface area contributed by atoms with Crippen molar-refractivity contribution >= 4 is 11.5 Å². The zero-order chi connectivity index (χ0) is 16.7. The van der Waals surface area contributed by atoms with Crippen molar-refractivity contribution in [3.05, 3.63) is 69.5 Å². The first-order valence-corrected chi connectivity index (χ1v) is 7.65. The summed E-state index contributed by atoms with van der Waals surface area (Å²) in [6, 6.07) is 6.88. The van der Waals surface area contributed by atoms with Gasteiger partial charge in [0.15, 0.2) is 0 Å². The van der Waals surface area contributed by atoms with E-state index in [0.29, 0.717) is 13.1 Å². The van der Waals surface area contributed by atoms with Gasteiger partial charge in [-0.05, 0) is 23.8 Å². The van der Waals surface area contributed by atoms with Crippen LogP contribution in [0.5, 0.6) is 0 Å². The molecule has 0 saturated heterocycles. The molecular formula is C17H15N3O4. The van der Waals surface area contributed by atoms with Crippen molar-refractivity contribution in [3.63, 3.8) is 0 Å². The first-order chi connectivity index (χ1) is 11.6. The van der Waals surface area contributed by atoms with E-state index in [2.05, 4.69) is 10.1 Å². The average Bonchev–Trinajstić information content (AvgIpc) is 3.05. The molecule has 0 atom stereocenters. The fraction of sp³-hybridized carbons (Fsp3) is 0.235. The zero-order valence-electron chi connectivity index (χ0n) is 12.8. The Morgan fingerprint density at radius 2 is 2.25 bits per heavy atom. The largest absolute Gasteiger partial charge is 0.477 e. The van der Waals surface area contributed by atoms with Crippen molar-refractivity contribution in [2.24, 2.45) is 0 Å². The molecule has 0 fully saturated rings. The Balaban J connectivity index is 1.75. The second kappa shape index (κ2) is 5.61. The molecular weight excluding hydrogens is 310 g/mol. The van der Waals surface area contributed by atoms with Gasteiger partial charge in [-0.3, -0.25) is 14.1 Å². The minimum Gasteiger partial charge on any atom is -0.477 e. The van der Waals surface area contributed by atoms with Crippen molar-refractivity contribution in [3.8, 4) is 0 Å². The average molecular weight is 325 g/mol. The summed E-state index contributed by atoms with van der Waals surface area (Å²) in [7, 11) is 0. The Morgan fingerprint density at radius 3 is 3.08 bits per heavy atom. The number of carbonyl (C=O) groups is 1. The SMILES string of the molecule is O=C(O)c1cc(CN2CCc3oncc3C2)c2ccccn2c1=O. The predicted octanol–water partition coefficient (Wildman–Crippen LogP) is 1.54. The fourth-order valence-electron chi connectivity index (χ4n) is 3.18. The lowest BCUT2D eigenvalue weighted by Crippen LogP contribution is -2.31.